The van der Waals surface area contributed by atoms with Gasteiger partial charge in [0.1, 0.15) is 5.75 Å². The summed E-state index contributed by atoms with van der Waals surface area (Å²) in [6.45, 7) is 2.23. The number of alkyl halides is 3. The van der Waals surface area contributed by atoms with E-state index in [2.05, 4.69) is 10.1 Å². The number of hydrogen-bond acceptors (Lipinski definition) is 3. The highest BCUT2D eigenvalue weighted by Crippen LogP contribution is 2.24. The van der Waals surface area contributed by atoms with Crippen molar-refractivity contribution in [3.05, 3.63) is 24.3 Å². The first kappa shape index (κ1) is 15.3. The van der Waals surface area contributed by atoms with Gasteiger partial charge in [-0.2, -0.15) is 0 Å². The van der Waals surface area contributed by atoms with E-state index in [9.17, 15) is 18.0 Å². The summed E-state index contributed by atoms with van der Waals surface area (Å²) >= 11 is 0. The summed E-state index contributed by atoms with van der Waals surface area (Å²) in [4.78, 5) is 11.5. The molecule has 1 rings (SSSR count). The molecule has 106 valence electrons. The molecule has 1 unspecified atom stereocenters. The standard InChI is InChI=1S/C12H15F3N2O2/c1-8(7-16)6-11(18)17-9-2-4-10(5-3-9)19-12(13,14)15/h2-5,8H,6-7,16H2,1H3,(H,17,18). The Bertz CT molecular complexity index is 418. The lowest BCUT2D eigenvalue weighted by Crippen LogP contribution is -2.20. The molecule has 0 heterocycles. The second-order valence-electron chi connectivity index (χ2n) is 4.17. The van der Waals surface area contributed by atoms with Gasteiger partial charge in [0.05, 0.1) is 0 Å². The Hall–Kier alpha value is -1.76. The highest BCUT2D eigenvalue weighted by molar-refractivity contribution is 5.90. The molecule has 0 aromatic heterocycles. The van der Waals surface area contributed by atoms with E-state index < -0.39 is 6.36 Å². The topological polar surface area (TPSA) is 64.4 Å². The largest absolute Gasteiger partial charge is 0.573 e. The van der Waals surface area contributed by atoms with Crippen molar-refractivity contribution < 1.29 is 22.7 Å². The fourth-order valence-corrected chi connectivity index (χ4v) is 1.35. The van der Waals surface area contributed by atoms with Crippen molar-refractivity contribution in [2.45, 2.75) is 19.7 Å². The van der Waals surface area contributed by atoms with Crippen molar-refractivity contribution in [3.8, 4) is 5.75 Å². The highest BCUT2D eigenvalue weighted by Gasteiger charge is 2.30. The van der Waals surface area contributed by atoms with Gasteiger partial charge < -0.3 is 15.8 Å². The molecule has 0 saturated heterocycles. The van der Waals surface area contributed by atoms with E-state index in [1.165, 1.54) is 12.1 Å². The van der Waals surface area contributed by atoms with Crippen LogP contribution in [0.3, 0.4) is 0 Å². The van der Waals surface area contributed by atoms with Crippen LogP contribution in [0.15, 0.2) is 24.3 Å². The third-order valence-electron chi connectivity index (χ3n) is 2.31. The molecular formula is C12H15F3N2O2. The van der Waals surface area contributed by atoms with Gasteiger partial charge in [-0.15, -0.1) is 13.2 Å². The van der Waals surface area contributed by atoms with Crippen molar-refractivity contribution in [1.29, 1.82) is 0 Å². The van der Waals surface area contributed by atoms with E-state index in [1.807, 2.05) is 6.92 Å². The third kappa shape index (κ3) is 6.10. The number of rotatable bonds is 5. The molecule has 0 fully saturated rings. The number of amides is 1. The lowest BCUT2D eigenvalue weighted by molar-refractivity contribution is -0.274. The van der Waals surface area contributed by atoms with E-state index in [1.54, 1.807) is 0 Å². The van der Waals surface area contributed by atoms with Gasteiger partial charge in [0.25, 0.3) is 0 Å². The molecule has 1 aromatic carbocycles. The lowest BCUT2D eigenvalue weighted by Gasteiger charge is -2.11. The SMILES string of the molecule is CC(CN)CC(=O)Nc1ccc(OC(F)(F)F)cc1. The highest BCUT2D eigenvalue weighted by atomic mass is 19.4. The molecule has 0 spiro atoms. The molecule has 3 N–H and O–H groups in total. The van der Waals surface area contributed by atoms with Gasteiger partial charge in [-0.05, 0) is 36.7 Å². The Morgan fingerprint density at radius 3 is 2.42 bits per heavy atom. The van der Waals surface area contributed by atoms with Gasteiger partial charge >= 0.3 is 6.36 Å². The molecule has 7 heteroatoms. The fraction of sp³-hybridized carbons (Fsp3) is 0.417. The zero-order valence-electron chi connectivity index (χ0n) is 10.3. The van der Waals surface area contributed by atoms with E-state index in [-0.39, 0.29) is 24.0 Å². The molecular weight excluding hydrogens is 261 g/mol. The van der Waals surface area contributed by atoms with Gasteiger partial charge in [0, 0.05) is 12.1 Å². The predicted molar refractivity (Wildman–Crippen MR) is 64.6 cm³/mol. The third-order valence-corrected chi connectivity index (χ3v) is 2.31. The minimum atomic E-state index is -4.72. The molecule has 0 radical (unpaired) electrons. The van der Waals surface area contributed by atoms with Crippen LogP contribution in [0.1, 0.15) is 13.3 Å². The Labute approximate surface area is 108 Å². The van der Waals surface area contributed by atoms with E-state index in [0.717, 1.165) is 12.1 Å². The van der Waals surface area contributed by atoms with Crippen LogP contribution in [0.5, 0.6) is 5.75 Å². The zero-order valence-corrected chi connectivity index (χ0v) is 10.3. The number of ether oxygens (including phenoxy) is 1. The fourth-order valence-electron chi connectivity index (χ4n) is 1.35. The zero-order chi connectivity index (χ0) is 14.5. The van der Waals surface area contributed by atoms with Gasteiger partial charge in [-0.1, -0.05) is 6.92 Å². The normalized spacial score (nSPS) is 12.9. The average Bonchev–Trinajstić information content (AvgIpc) is 2.29. The number of nitrogens with one attached hydrogen (secondary N) is 1. The van der Waals surface area contributed by atoms with Crippen molar-refractivity contribution in [2.24, 2.45) is 11.7 Å². The maximum absolute atomic E-state index is 11.9. The number of hydrogen-bond donors (Lipinski definition) is 2. The van der Waals surface area contributed by atoms with Crippen LogP contribution in [-0.4, -0.2) is 18.8 Å². The van der Waals surface area contributed by atoms with E-state index >= 15 is 0 Å². The Morgan fingerprint density at radius 1 is 1.37 bits per heavy atom. The summed E-state index contributed by atoms with van der Waals surface area (Å²) in [5.41, 5.74) is 5.80. The molecule has 0 aliphatic heterocycles. The second-order valence-corrected chi connectivity index (χ2v) is 4.17. The van der Waals surface area contributed by atoms with Crippen LogP contribution >= 0.6 is 0 Å². The number of benzene rings is 1. The molecule has 1 amide bonds. The summed E-state index contributed by atoms with van der Waals surface area (Å²) in [5.74, 6) is -0.517. The maximum Gasteiger partial charge on any atom is 0.573 e. The van der Waals surface area contributed by atoms with E-state index in [0.29, 0.717) is 12.2 Å². The van der Waals surface area contributed by atoms with Crippen LogP contribution in [0, 0.1) is 5.92 Å². The summed E-state index contributed by atoms with van der Waals surface area (Å²) in [6, 6.07) is 4.95. The van der Waals surface area contributed by atoms with Gasteiger partial charge in [-0.25, -0.2) is 0 Å². The summed E-state index contributed by atoms with van der Waals surface area (Å²) in [6.07, 6.45) is -4.46. The first-order chi connectivity index (χ1) is 8.80. The van der Waals surface area contributed by atoms with E-state index in [4.69, 9.17) is 5.73 Å². The predicted octanol–water partition coefficient (Wildman–Crippen LogP) is 2.51. The molecule has 19 heavy (non-hydrogen) atoms. The first-order valence-electron chi connectivity index (χ1n) is 5.66. The van der Waals surface area contributed by atoms with Gasteiger partial charge in [-0.3, -0.25) is 4.79 Å². The number of halogens is 3. The maximum atomic E-state index is 11.9. The quantitative estimate of drug-likeness (QED) is 0.868. The summed E-state index contributed by atoms with van der Waals surface area (Å²) in [7, 11) is 0. The van der Waals surface area contributed by atoms with Crippen molar-refractivity contribution in [3.63, 3.8) is 0 Å². The Kier molecular flexibility index (Phi) is 5.17. The monoisotopic (exact) mass is 276 g/mol. The van der Waals surface area contributed by atoms with Crippen molar-refractivity contribution >= 4 is 11.6 Å². The minimum Gasteiger partial charge on any atom is -0.406 e. The minimum absolute atomic E-state index is 0.0489. The Balaban J connectivity index is 2.55. The van der Waals surface area contributed by atoms with Gasteiger partial charge in [0.15, 0.2) is 0 Å². The second kappa shape index (κ2) is 6.42. The molecule has 0 saturated carbocycles. The van der Waals surface area contributed by atoms with Crippen LogP contribution in [0.4, 0.5) is 18.9 Å². The lowest BCUT2D eigenvalue weighted by atomic mass is 10.1. The molecule has 1 atom stereocenters. The van der Waals surface area contributed by atoms with Crippen LogP contribution < -0.4 is 15.8 Å². The van der Waals surface area contributed by atoms with Crippen molar-refractivity contribution in [1.82, 2.24) is 0 Å². The van der Waals surface area contributed by atoms with Crippen LogP contribution in [-0.2, 0) is 4.79 Å². The molecule has 0 bridgehead atoms. The molecule has 0 aliphatic carbocycles. The molecule has 1 aromatic rings. The molecule has 4 nitrogen and oxygen atoms in total. The van der Waals surface area contributed by atoms with Crippen LogP contribution in [0.2, 0.25) is 0 Å². The summed E-state index contributed by atoms with van der Waals surface area (Å²) in [5, 5.41) is 2.57. The molecule has 0 aliphatic rings. The van der Waals surface area contributed by atoms with Crippen LogP contribution in [0.25, 0.3) is 0 Å². The number of anilines is 1. The first-order valence-corrected chi connectivity index (χ1v) is 5.66. The Morgan fingerprint density at radius 2 is 1.95 bits per heavy atom. The van der Waals surface area contributed by atoms with Gasteiger partial charge in [0.2, 0.25) is 5.91 Å². The number of carbonyl (C=O) groups excluding carboxylic acids is 1. The number of nitrogens with two attached hydrogens (primary N) is 1. The average molecular weight is 276 g/mol. The smallest absolute Gasteiger partial charge is 0.406 e. The van der Waals surface area contributed by atoms with Crippen molar-refractivity contribution in [2.75, 3.05) is 11.9 Å². The number of carbonyl (C=O) groups is 1. The summed E-state index contributed by atoms with van der Waals surface area (Å²) < 4.78 is 39.5.